The number of anilines is 2. The maximum absolute atomic E-state index is 12.1. The van der Waals surface area contributed by atoms with Crippen LogP contribution >= 0.6 is 0 Å². The predicted octanol–water partition coefficient (Wildman–Crippen LogP) is 5.39. The van der Waals surface area contributed by atoms with Gasteiger partial charge in [-0.25, -0.2) is 4.79 Å². The maximum atomic E-state index is 12.1. The quantitative estimate of drug-likeness (QED) is 0.492. The van der Waals surface area contributed by atoms with Crippen LogP contribution in [-0.4, -0.2) is 44.2 Å². The molecule has 5 rings (SSSR count). The van der Waals surface area contributed by atoms with E-state index in [9.17, 15) is 4.79 Å². The van der Waals surface area contributed by atoms with Crippen molar-refractivity contribution in [3.05, 3.63) is 77.9 Å². The van der Waals surface area contributed by atoms with Gasteiger partial charge in [-0.2, -0.15) is 0 Å². The fraction of sp³-hybridized carbons (Fsp3) is 0.296. The van der Waals surface area contributed by atoms with E-state index >= 15 is 0 Å². The number of hydrogen-bond donors (Lipinski definition) is 0. The van der Waals surface area contributed by atoms with Gasteiger partial charge in [0.05, 0.1) is 31.2 Å². The molecule has 0 unspecified atom stereocenters. The zero-order valence-electron chi connectivity index (χ0n) is 19.0. The molecule has 0 spiro atoms. The van der Waals surface area contributed by atoms with Gasteiger partial charge >= 0.3 is 5.97 Å². The average Bonchev–Trinajstić information content (AvgIpc) is 2.87. The molecule has 1 saturated heterocycles. The van der Waals surface area contributed by atoms with Crippen LogP contribution in [0.3, 0.4) is 0 Å². The van der Waals surface area contributed by atoms with Crippen molar-refractivity contribution in [1.82, 2.24) is 4.90 Å². The minimum atomic E-state index is -0.381. The van der Waals surface area contributed by atoms with Gasteiger partial charge in [0, 0.05) is 25.7 Å². The number of methoxy groups -OCH3 is 2. The molecule has 0 bridgehead atoms. The molecule has 0 amide bonds. The first-order valence-electron chi connectivity index (χ1n) is 11.3. The number of hydrogen-bond acceptors (Lipinski definition) is 6. The van der Waals surface area contributed by atoms with E-state index in [1.54, 1.807) is 19.2 Å². The van der Waals surface area contributed by atoms with Crippen LogP contribution in [0.2, 0.25) is 0 Å². The molecule has 0 radical (unpaired) electrons. The number of carbonyl (C=O) groups excluding carboxylic acids is 1. The molecule has 170 valence electrons. The van der Waals surface area contributed by atoms with Crippen molar-refractivity contribution in [3.8, 4) is 17.2 Å². The summed E-state index contributed by atoms with van der Waals surface area (Å²) in [5, 5.41) is 0. The minimum absolute atomic E-state index is 0.314. The summed E-state index contributed by atoms with van der Waals surface area (Å²) in [6.07, 6.45) is 2.06. The Bertz CT molecular complexity index is 1140. The molecular formula is C27H28N2O4. The van der Waals surface area contributed by atoms with Crippen molar-refractivity contribution in [2.24, 2.45) is 0 Å². The van der Waals surface area contributed by atoms with Gasteiger partial charge in [0.1, 0.15) is 0 Å². The van der Waals surface area contributed by atoms with E-state index in [0.717, 1.165) is 43.9 Å². The van der Waals surface area contributed by atoms with Crippen LogP contribution in [0.15, 0.2) is 66.7 Å². The van der Waals surface area contributed by atoms with Gasteiger partial charge in [0.15, 0.2) is 17.2 Å². The zero-order chi connectivity index (χ0) is 22.8. The number of nitrogens with zero attached hydrogens (tertiary/aromatic N) is 2. The molecule has 0 aromatic heterocycles. The average molecular weight is 445 g/mol. The molecule has 0 saturated carbocycles. The fourth-order valence-electron chi connectivity index (χ4n) is 4.81. The molecule has 0 atom stereocenters. The molecule has 0 aliphatic carbocycles. The molecule has 0 N–H and O–H groups in total. The van der Waals surface area contributed by atoms with E-state index in [4.69, 9.17) is 14.2 Å². The van der Waals surface area contributed by atoms with Gasteiger partial charge in [0.2, 0.25) is 0 Å². The lowest BCUT2D eigenvalue weighted by Crippen LogP contribution is -2.43. The number of benzene rings is 3. The molecule has 3 aromatic carbocycles. The summed E-state index contributed by atoms with van der Waals surface area (Å²) >= 11 is 0. The van der Waals surface area contributed by atoms with Gasteiger partial charge in [0.25, 0.3) is 0 Å². The number of esters is 1. The molecule has 1 fully saturated rings. The highest BCUT2D eigenvalue weighted by molar-refractivity contribution is 5.92. The summed E-state index contributed by atoms with van der Waals surface area (Å²) in [7, 11) is 3.03. The smallest absolute Gasteiger partial charge is 0.337 e. The van der Waals surface area contributed by atoms with Gasteiger partial charge in [-0.05, 0) is 48.7 Å². The Kier molecular flexibility index (Phi) is 5.92. The first-order valence-corrected chi connectivity index (χ1v) is 11.3. The van der Waals surface area contributed by atoms with Gasteiger partial charge in [-0.3, -0.25) is 4.90 Å². The third-order valence-corrected chi connectivity index (χ3v) is 6.46. The van der Waals surface area contributed by atoms with Crippen molar-refractivity contribution >= 4 is 17.3 Å². The van der Waals surface area contributed by atoms with Gasteiger partial charge < -0.3 is 19.1 Å². The fourth-order valence-corrected chi connectivity index (χ4v) is 4.81. The molecule has 2 aliphatic heterocycles. The molecule has 6 nitrogen and oxygen atoms in total. The summed E-state index contributed by atoms with van der Waals surface area (Å²) < 4.78 is 16.8. The van der Waals surface area contributed by atoms with Crippen LogP contribution in [0.5, 0.6) is 17.2 Å². The van der Waals surface area contributed by atoms with Gasteiger partial charge in [-0.15, -0.1) is 0 Å². The van der Waals surface area contributed by atoms with Crippen LogP contribution in [-0.2, 0) is 11.3 Å². The summed E-state index contributed by atoms with van der Waals surface area (Å²) in [6.45, 7) is 3.01. The lowest BCUT2D eigenvalue weighted by Gasteiger charge is -2.42. The predicted molar refractivity (Wildman–Crippen MR) is 128 cm³/mol. The van der Waals surface area contributed by atoms with E-state index in [1.807, 2.05) is 18.2 Å². The molecule has 2 aliphatic rings. The van der Waals surface area contributed by atoms with Gasteiger partial charge in [-0.1, -0.05) is 36.4 Å². The highest BCUT2D eigenvalue weighted by atomic mass is 16.5. The second-order valence-corrected chi connectivity index (χ2v) is 8.45. The van der Waals surface area contributed by atoms with Crippen LogP contribution < -0.4 is 14.4 Å². The number of fused-ring (bicyclic) bond motifs is 2. The Morgan fingerprint density at radius 3 is 2.48 bits per heavy atom. The number of para-hydroxylation sites is 1. The summed E-state index contributed by atoms with van der Waals surface area (Å²) in [5.41, 5.74) is 3.77. The van der Waals surface area contributed by atoms with E-state index in [2.05, 4.69) is 46.2 Å². The highest BCUT2D eigenvalue weighted by Crippen LogP contribution is 2.52. The van der Waals surface area contributed by atoms with Crippen molar-refractivity contribution in [3.63, 3.8) is 0 Å². The first kappa shape index (κ1) is 21.3. The number of rotatable bonds is 5. The number of piperidine rings is 1. The molecule has 3 aromatic rings. The maximum Gasteiger partial charge on any atom is 0.337 e. The second-order valence-electron chi connectivity index (χ2n) is 8.45. The Hall–Kier alpha value is -3.51. The number of carbonyl (C=O) groups is 1. The molecule has 33 heavy (non-hydrogen) atoms. The molecule has 6 heteroatoms. The zero-order valence-corrected chi connectivity index (χ0v) is 19.0. The van der Waals surface area contributed by atoms with Crippen molar-refractivity contribution in [1.29, 1.82) is 0 Å². The molecule has 2 heterocycles. The topological polar surface area (TPSA) is 51.2 Å². The number of likely N-dealkylation sites (tertiary alicyclic amines) is 1. The Labute approximate surface area is 194 Å². The Morgan fingerprint density at radius 1 is 0.970 bits per heavy atom. The lowest BCUT2D eigenvalue weighted by molar-refractivity contribution is 0.0600. The van der Waals surface area contributed by atoms with Crippen molar-refractivity contribution in [2.75, 3.05) is 32.2 Å². The molecular weight excluding hydrogens is 416 g/mol. The normalized spacial score (nSPS) is 15.9. The minimum Gasteiger partial charge on any atom is -0.493 e. The second kappa shape index (κ2) is 9.16. The lowest BCUT2D eigenvalue weighted by atomic mass is 9.98. The van der Waals surface area contributed by atoms with Crippen LogP contribution in [0.1, 0.15) is 28.8 Å². The highest BCUT2D eigenvalue weighted by Gasteiger charge is 2.34. The summed E-state index contributed by atoms with van der Waals surface area (Å²) in [5.74, 6) is 1.61. The van der Waals surface area contributed by atoms with Crippen molar-refractivity contribution < 1.29 is 19.0 Å². The standard InChI is InChI=1S/C27H28N2O4/c1-31-24-10-6-9-23-26(24)33-25-17-20(27(30)32-2)11-12-22(25)29(23)21-13-15-28(16-14-21)18-19-7-4-3-5-8-19/h3-12,17,21H,13-16,18H2,1-2H3. The first-order chi connectivity index (χ1) is 16.2. The van der Waals surface area contributed by atoms with Crippen molar-refractivity contribution in [2.45, 2.75) is 25.4 Å². The van der Waals surface area contributed by atoms with E-state index in [1.165, 1.54) is 12.7 Å². The third-order valence-electron chi connectivity index (χ3n) is 6.46. The largest absolute Gasteiger partial charge is 0.493 e. The van der Waals surface area contributed by atoms with Crippen LogP contribution in [0.25, 0.3) is 0 Å². The van der Waals surface area contributed by atoms with E-state index in [-0.39, 0.29) is 5.97 Å². The summed E-state index contributed by atoms with van der Waals surface area (Å²) in [6, 6.07) is 22.4. The monoisotopic (exact) mass is 444 g/mol. The SMILES string of the molecule is COC(=O)c1ccc2c(c1)Oc1c(OC)cccc1N2C1CCN(Cc2ccccc2)CC1. The summed E-state index contributed by atoms with van der Waals surface area (Å²) in [4.78, 5) is 17.0. The van der Waals surface area contributed by atoms with E-state index < -0.39 is 0 Å². The number of ether oxygens (including phenoxy) is 3. The Morgan fingerprint density at radius 2 is 1.76 bits per heavy atom. The van der Waals surface area contributed by atoms with Crippen LogP contribution in [0, 0.1) is 0 Å². The van der Waals surface area contributed by atoms with E-state index in [0.29, 0.717) is 28.9 Å². The van der Waals surface area contributed by atoms with Crippen LogP contribution in [0.4, 0.5) is 11.4 Å². The third kappa shape index (κ3) is 4.14. The Balaban J connectivity index is 1.44.